The Hall–Kier alpha value is -1.10. The standard InChI is InChI=1S/C14H24N2O3/c1-3-4-14(13(18)19)5-6-16(9-14)12(17)10(2)11-7-15-8-11/h10-11,15H,3-9H2,1-2H3,(H,18,19). The Balaban J connectivity index is 1.99. The van der Waals surface area contributed by atoms with E-state index in [1.54, 1.807) is 4.90 Å². The van der Waals surface area contributed by atoms with E-state index in [2.05, 4.69) is 5.32 Å². The summed E-state index contributed by atoms with van der Waals surface area (Å²) in [6.07, 6.45) is 2.10. The van der Waals surface area contributed by atoms with Crippen molar-refractivity contribution in [1.29, 1.82) is 0 Å². The monoisotopic (exact) mass is 268 g/mol. The van der Waals surface area contributed by atoms with E-state index in [0.29, 0.717) is 31.8 Å². The van der Waals surface area contributed by atoms with Gasteiger partial charge in [0.15, 0.2) is 0 Å². The molecule has 5 nitrogen and oxygen atoms in total. The molecule has 2 aliphatic heterocycles. The Kier molecular flexibility index (Phi) is 4.13. The van der Waals surface area contributed by atoms with Crippen LogP contribution in [0.4, 0.5) is 0 Å². The van der Waals surface area contributed by atoms with Crippen molar-refractivity contribution in [2.24, 2.45) is 17.3 Å². The minimum Gasteiger partial charge on any atom is -0.481 e. The zero-order valence-electron chi connectivity index (χ0n) is 11.8. The largest absolute Gasteiger partial charge is 0.481 e. The van der Waals surface area contributed by atoms with E-state index in [1.807, 2.05) is 13.8 Å². The number of likely N-dealkylation sites (tertiary alicyclic amines) is 1. The summed E-state index contributed by atoms with van der Waals surface area (Å²) in [5.74, 6) is -0.195. The highest BCUT2D eigenvalue weighted by atomic mass is 16.4. The molecule has 0 spiro atoms. The molecule has 5 heteroatoms. The third-order valence-electron chi connectivity index (χ3n) is 4.76. The predicted octanol–water partition coefficient (Wildman–Crippen LogP) is 0.945. The second-order valence-corrected chi connectivity index (χ2v) is 6.05. The van der Waals surface area contributed by atoms with Crippen LogP contribution in [0.2, 0.25) is 0 Å². The number of nitrogens with zero attached hydrogens (tertiary/aromatic N) is 1. The van der Waals surface area contributed by atoms with Crippen LogP contribution >= 0.6 is 0 Å². The van der Waals surface area contributed by atoms with Gasteiger partial charge in [-0.25, -0.2) is 0 Å². The Morgan fingerprint density at radius 1 is 1.47 bits per heavy atom. The minimum atomic E-state index is -0.748. The molecule has 2 N–H and O–H groups in total. The average molecular weight is 268 g/mol. The fraction of sp³-hybridized carbons (Fsp3) is 0.857. The first-order valence-corrected chi connectivity index (χ1v) is 7.23. The van der Waals surface area contributed by atoms with Gasteiger partial charge in [-0.1, -0.05) is 20.3 Å². The van der Waals surface area contributed by atoms with Crippen LogP contribution in [0.1, 0.15) is 33.1 Å². The van der Waals surface area contributed by atoms with Gasteiger partial charge in [-0.2, -0.15) is 0 Å². The molecule has 0 aromatic rings. The van der Waals surface area contributed by atoms with Crippen LogP contribution in [0.15, 0.2) is 0 Å². The quantitative estimate of drug-likeness (QED) is 0.779. The highest BCUT2D eigenvalue weighted by Crippen LogP contribution is 2.36. The van der Waals surface area contributed by atoms with Crippen LogP contribution in [-0.4, -0.2) is 48.1 Å². The van der Waals surface area contributed by atoms with Crippen molar-refractivity contribution in [3.05, 3.63) is 0 Å². The summed E-state index contributed by atoms with van der Waals surface area (Å²) in [7, 11) is 0. The van der Waals surface area contributed by atoms with Crippen molar-refractivity contribution in [2.45, 2.75) is 33.1 Å². The summed E-state index contributed by atoms with van der Waals surface area (Å²) < 4.78 is 0. The van der Waals surface area contributed by atoms with Crippen LogP contribution in [0, 0.1) is 17.3 Å². The first kappa shape index (κ1) is 14.3. The number of rotatable bonds is 5. The molecule has 2 aliphatic rings. The third-order valence-corrected chi connectivity index (χ3v) is 4.76. The predicted molar refractivity (Wildman–Crippen MR) is 71.7 cm³/mol. The summed E-state index contributed by atoms with van der Waals surface area (Å²) in [5, 5.41) is 12.6. The number of carbonyl (C=O) groups excluding carboxylic acids is 1. The van der Waals surface area contributed by atoms with Crippen LogP contribution in [0.5, 0.6) is 0 Å². The number of carboxylic acid groups (broad SMARTS) is 1. The molecule has 0 aromatic carbocycles. The molecular formula is C14H24N2O3. The number of hydrogen-bond acceptors (Lipinski definition) is 3. The maximum Gasteiger partial charge on any atom is 0.311 e. The molecule has 1 amide bonds. The maximum atomic E-state index is 12.4. The second kappa shape index (κ2) is 5.49. The Bertz CT molecular complexity index is 368. The minimum absolute atomic E-state index is 0.00692. The molecular weight excluding hydrogens is 244 g/mol. The lowest BCUT2D eigenvalue weighted by Gasteiger charge is -2.34. The summed E-state index contributed by atoms with van der Waals surface area (Å²) >= 11 is 0. The number of carboxylic acids is 1. The first-order chi connectivity index (χ1) is 9.00. The number of nitrogens with one attached hydrogen (secondary N) is 1. The molecule has 2 atom stereocenters. The fourth-order valence-corrected chi connectivity index (χ4v) is 3.18. The van der Waals surface area contributed by atoms with Gasteiger partial charge in [-0.3, -0.25) is 9.59 Å². The zero-order chi connectivity index (χ0) is 14.0. The fourth-order valence-electron chi connectivity index (χ4n) is 3.18. The van der Waals surface area contributed by atoms with Gasteiger partial charge in [-0.05, 0) is 31.8 Å². The van der Waals surface area contributed by atoms with Gasteiger partial charge in [0.25, 0.3) is 0 Å². The molecule has 0 saturated carbocycles. The lowest BCUT2D eigenvalue weighted by Crippen LogP contribution is -2.50. The molecule has 0 aliphatic carbocycles. The molecule has 0 radical (unpaired) electrons. The van der Waals surface area contributed by atoms with E-state index >= 15 is 0 Å². The Labute approximate surface area is 114 Å². The van der Waals surface area contributed by atoms with Crippen molar-refractivity contribution in [3.63, 3.8) is 0 Å². The van der Waals surface area contributed by atoms with Gasteiger partial charge in [-0.15, -0.1) is 0 Å². The smallest absolute Gasteiger partial charge is 0.311 e. The maximum absolute atomic E-state index is 12.4. The Morgan fingerprint density at radius 3 is 2.63 bits per heavy atom. The summed E-state index contributed by atoms with van der Waals surface area (Å²) in [5.41, 5.74) is -0.706. The molecule has 108 valence electrons. The van der Waals surface area contributed by atoms with Gasteiger partial charge in [0.05, 0.1) is 5.41 Å². The van der Waals surface area contributed by atoms with Gasteiger partial charge in [0.2, 0.25) is 5.91 Å². The first-order valence-electron chi connectivity index (χ1n) is 7.23. The van der Waals surface area contributed by atoms with Gasteiger partial charge < -0.3 is 15.3 Å². The molecule has 2 saturated heterocycles. The van der Waals surface area contributed by atoms with Crippen LogP contribution < -0.4 is 5.32 Å². The van der Waals surface area contributed by atoms with E-state index in [1.165, 1.54) is 0 Å². The molecule has 0 aromatic heterocycles. The number of hydrogen-bond donors (Lipinski definition) is 2. The molecule has 2 rings (SSSR count). The number of carbonyl (C=O) groups is 2. The molecule has 19 heavy (non-hydrogen) atoms. The van der Waals surface area contributed by atoms with Crippen molar-refractivity contribution in [2.75, 3.05) is 26.2 Å². The van der Waals surface area contributed by atoms with Crippen molar-refractivity contribution < 1.29 is 14.7 Å². The van der Waals surface area contributed by atoms with E-state index in [0.717, 1.165) is 19.5 Å². The van der Waals surface area contributed by atoms with E-state index in [-0.39, 0.29) is 11.8 Å². The second-order valence-electron chi connectivity index (χ2n) is 6.05. The van der Waals surface area contributed by atoms with Crippen LogP contribution in [-0.2, 0) is 9.59 Å². The van der Waals surface area contributed by atoms with E-state index < -0.39 is 11.4 Å². The van der Waals surface area contributed by atoms with Crippen molar-refractivity contribution in [1.82, 2.24) is 10.2 Å². The van der Waals surface area contributed by atoms with Crippen LogP contribution in [0.25, 0.3) is 0 Å². The van der Waals surface area contributed by atoms with Crippen molar-refractivity contribution >= 4 is 11.9 Å². The summed E-state index contributed by atoms with van der Waals surface area (Å²) in [6, 6.07) is 0. The highest BCUT2D eigenvalue weighted by molar-refractivity contribution is 5.82. The SMILES string of the molecule is CCCC1(C(=O)O)CCN(C(=O)C(C)C2CNC2)C1. The van der Waals surface area contributed by atoms with E-state index in [9.17, 15) is 14.7 Å². The normalized spacial score (nSPS) is 29.1. The molecule has 0 bridgehead atoms. The molecule has 2 heterocycles. The lowest BCUT2D eigenvalue weighted by atomic mass is 9.82. The molecule has 2 fully saturated rings. The molecule has 2 unspecified atom stereocenters. The number of aliphatic carboxylic acids is 1. The third kappa shape index (κ3) is 2.61. The van der Waals surface area contributed by atoms with E-state index in [4.69, 9.17) is 0 Å². The van der Waals surface area contributed by atoms with Gasteiger partial charge >= 0.3 is 5.97 Å². The van der Waals surface area contributed by atoms with Crippen LogP contribution in [0.3, 0.4) is 0 Å². The highest BCUT2D eigenvalue weighted by Gasteiger charge is 2.46. The van der Waals surface area contributed by atoms with Gasteiger partial charge in [0, 0.05) is 19.0 Å². The van der Waals surface area contributed by atoms with Gasteiger partial charge in [0.1, 0.15) is 0 Å². The zero-order valence-corrected chi connectivity index (χ0v) is 11.8. The Morgan fingerprint density at radius 2 is 2.16 bits per heavy atom. The summed E-state index contributed by atoms with van der Waals surface area (Å²) in [4.78, 5) is 25.7. The number of amides is 1. The lowest BCUT2D eigenvalue weighted by molar-refractivity contribution is -0.149. The average Bonchev–Trinajstić information content (AvgIpc) is 2.72. The van der Waals surface area contributed by atoms with Crippen molar-refractivity contribution in [3.8, 4) is 0 Å². The topological polar surface area (TPSA) is 69.6 Å². The summed E-state index contributed by atoms with van der Waals surface area (Å²) in [6.45, 7) is 6.75.